The fraction of sp³-hybridized carbons (Fsp3) is 0.143. The summed E-state index contributed by atoms with van der Waals surface area (Å²) in [4.78, 5) is 0. The summed E-state index contributed by atoms with van der Waals surface area (Å²) in [5.41, 5.74) is 1.08. The van der Waals surface area contributed by atoms with Crippen molar-refractivity contribution in [2.24, 2.45) is 0 Å². The van der Waals surface area contributed by atoms with E-state index in [0.29, 0.717) is 5.02 Å². The summed E-state index contributed by atoms with van der Waals surface area (Å²) in [5.74, 6) is 0. The van der Waals surface area contributed by atoms with Crippen LogP contribution in [0.25, 0.3) is 0 Å². The van der Waals surface area contributed by atoms with Crippen LogP contribution in [0.2, 0.25) is 5.02 Å². The molecule has 0 aliphatic carbocycles. The summed E-state index contributed by atoms with van der Waals surface area (Å²) < 4.78 is 0. The molecule has 1 aromatic carbocycles. The molecule has 0 aliphatic heterocycles. The summed E-state index contributed by atoms with van der Waals surface area (Å²) in [6, 6.07) is 8.54. The third kappa shape index (κ3) is 3.70. The molecule has 0 aromatic heterocycles. The number of benzene rings is 1. The quantitative estimate of drug-likeness (QED) is 0.501. The van der Waals surface area contributed by atoms with E-state index in [-0.39, 0.29) is 0 Å². The van der Waals surface area contributed by atoms with Crippen LogP contribution in [0.5, 0.6) is 0 Å². The first kappa shape index (κ1) is 10.6. The molecular weight excluding hydrogens is 265 g/mol. The van der Waals surface area contributed by atoms with Crippen molar-refractivity contribution in [1.82, 2.24) is 0 Å². The molecule has 0 atom stereocenters. The van der Waals surface area contributed by atoms with Gasteiger partial charge < -0.3 is 0 Å². The summed E-state index contributed by atoms with van der Waals surface area (Å²) in [6.07, 6.45) is 0. The SMILES string of the molecule is Cc1ccc[c-]c1Cl.[Zn+][Br]. The van der Waals surface area contributed by atoms with Crippen molar-refractivity contribution in [2.75, 3.05) is 0 Å². The molecule has 50 valence electrons. The van der Waals surface area contributed by atoms with Crippen LogP contribution in [0.1, 0.15) is 5.56 Å². The molecule has 0 amide bonds. The van der Waals surface area contributed by atoms with Crippen molar-refractivity contribution in [3.05, 3.63) is 34.9 Å². The van der Waals surface area contributed by atoms with Gasteiger partial charge in [-0.15, -0.1) is 17.2 Å². The fourth-order valence-electron chi connectivity index (χ4n) is 0.501. The minimum atomic E-state index is 0.715. The summed E-state index contributed by atoms with van der Waals surface area (Å²) in [7, 11) is 0. The van der Waals surface area contributed by atoms with E-state index in [1.807, 2.05) is 19.1 Å². The van der Waals surface area contributed by atoms with Gasteiger partial charge in [0.2, 0.25) is 0 Å². The van der Waals surface area contributed by atoms with Crippen LogP contribution in [-0.4, -0.2) is 0 Å². The van der Waals surface area contributed by atoms with Gasteiger partial charge in [-0.05, 0) is 0 Å². The third-order valence-corrected chi connectivity index (χ3v) is 1.41. The Morgan fingerprint density at radius 3 is 2.50 bits per heavy atom. The van der Waals surface area contributed by atoms with Gasteiger partial charge in [0.05, 0.1) is 0 Å². The van der Waals surface area contributed by atoms with Gasteiger partial charge in [-0.2, -0.15) is 24.3 Å². The maximum absolute atomic E-state index is 5.65. The molecule has 0 fully saturated rings. The zero-order chi connectivity index (χ0) is 7.98. The molecule has 10 heavy (non-hydrogen) atoms. The molecule has 0 bridgehead atoms. The number of aryl methyl sites for hydroxylation is 1. The Labute approximate surface area is 83.0 Å². The maximum atomic E-state index is 5.65. The molecule has 1 rings (SSSR count). The van der Waals surface area contributed by atoms with E-state index in [1.54, 1.807) is 6.07 Å². The van der Waals surface area contributed by atoms with Crippen LogP contribution in [0, 0.1) is 13.0 Å². The number of halogens is 2. The first-order valence-electron chi connectivity index (χ1n) is 2.70. The van der Waals surface area contributed by atoms with Crippen LogP contribution < -0.4 is 0 Å². The molecule has 0 saturated carbocycles. The average Bonchev–Trinajstić information content (AvgIpc) is 2.00. The Kier molecular flexibility index (Phi) is 6.72. The summed E-state index contributed by atoms with van der Waals surface area (Å²) >= 11 is 9.90. The molecular formula is C7H6BrClZn. The molecule has 0 heterocycles. The van der Waals surface area contributed by atoms with Gasteiger partial charge >= 0.3 is 30.0 Å². The van der Waals surface area contributed by atoms with E-state index in [9.17, 15) is 0 Å². The Morgan fingerprint density at radius 1 is 1.60 bits per heavy atom. The molecule has 3 heteroatoms. The van der Waals surface area contributed by atoms with Crippen LogP contribution in [-0.2, 0) is 16.3 Å². The summed E-state index contributed by atoms with van der Waals surface area (Å²) in [5, 5.41) is 0.715. The summed E-state index contributed by atoms with van der Waals surface area (Å²) in [6.45, 7) is 1.96. The molecule has 0 spiro atoms. The second-order valence-electron chi connectivity index (χ2n) is 1.67. The van der Waals surface area contributed by atoms with Crippen molar-refractivity contribution in [3.8, 4) is 0 Å². The Morgan fingerprint density at radius 2 is 2.20 bits per heavy atom. The molecule has 0 saturated heterocycles. The first-order valence-corrected chi connectivity index (χ1v) is 10.0. The van der Waals surface area contributed by atoms with E-state index in [1.165, 1.54) is 16.3 Å². The standard InChI is InChI=1S/C7H6Cl.BrH.Zn/c1-6-4-2-3-5-7(6)8;;/h2-4H,1H3;1H;/q-1;;+2/p-1. The second kappa shape index (κ2) is 6.33. The van der Waals surface area contributed by atoms with Crippen molar-refractivity contribution in [2.45, 2.75) is 6.92 Å². The monoisotopic (exact) mass is 268 g/mol. The van der Waals surface area contributed by atoms with Gasteiger partial charge in [0.25, 0.3) is 0 Å². The van der Waals surface area contributed by atoms with E-state index < -0.39 is 0 Å². The molecule has 0 aliphatic rings. The van der Waals surface area contributed by atoms with E-state index in [2.05, 4.69) is 19.7 Å². The molecule has 1 aromatic rings. The van der Waals surface area contributed by atoms with E-state index >= 15 is 0 Å². The second-order valence-corrected chi connectivity index (χ2v) is 2.05. The molecule has 0 nitrogen and oxygen atoms in total. The number of hydrogen-bond acceptors (Lipinski definition) is 0. The van der Waals surface area contributed by atoms with Gasteiger partial charge in [-0.3, -0.25) is 0 Å². The Balaban J connectivity index is 0.000000371. The van der Waals surface area contributed by atoms with Crippen LogP contribution in [0.3, 0.4) is 0 Å². The van der Waals surface area contributed by atoms with Gasteiger partial charge in [-0.1, -0.05) is 11.9 Å². The van der Waals surface area contributed by atoms with E-state index in [0.717, 1.165) is 5.56 Å². The topological polar surface area (TPSA) is 0 Å². The van der Waals surface area contributed by atoms with Gasteiger partial charge in [0.1, 0.15) is 0 Å². The first-order chi connectivity index (χ1) is 4.80. The minimum absolute atomic E-state index is 0.715. The predicted molar refractivity (Wildman–Crippen MR) is 44.0 cm³/mol. The zero-order valence-corrected chi connectivity index (χ0v) is 11.0. The zero-order valence-electron chi connectivity index (χ0n) is 5.70. The van der Waals surface area contributed by atoms with Crippen molar-refractivity contribution >= 4 is 25.2 Å². The van der Waals surface area contributed by atoms with Gasteiger partial charge in [0.15, 0.2) is 0 Å². The van der Waals surface area contributed by atoms with Gasteiger partial charge in [-0.25, -0.2) is 0 Å². The molecule has 0 N–H and O–H groups in total. The fourth-order valence-corrected chi connectivity index (χ4v) is 0.627. The van der Waals surface area contributed by atoms with Crippen LogP contribution in [0.4, 0.5) is 0 Å². The van der Waals surface area contributed by atoms with E-state index in [4.69, 9.17) is 11.6 Å². The van der Waals surface area contributed by atoms with Crippen LogP contribution in [0.15, 0.2) is 18.2 Å². The third-order valence-electron chi connectivity index (χ3n) is 0.999. The van der Waals surface area contributed by atoms with Crippen LogP contribution >= 0.6 is 25.2 Å². The average molecular weight is 271 g/mol. The molecule has 0 unspecified atom stereocenters. The van der Waals surface area contributed by atoms with Gasteiger partial charge in [0, 0.05) is 0 Å². The Hall–Kier alpha value is 0.613. The Bertz CT molecular complexity index is 170. The van der Waals surface area contributed by atoms with Crippen molar-refractivity contribution < 1.29 is 16.3 Å². The normalized spacial score (nSPS) is 8.10. The van der Waals surface area contributed by atoms with Crippen molar-refractivity contribution in [1.29, 1.82) is 0 Å². The molecule has 0 radical (unpaired) electrons. The van der Waals surface area contributed by atoms with Crippen molar-refractivity contribution in [3.63, 3.8) is 0 Å². The number of hydrogen-bond donors (Lipinski definition) is 0. The predicted octanol–water partition coefficient (Wildman–Crippen LogP) is 3.29. The number of rotatable bonds is 0.